The lowest BCUT2D eigenvalue weighted by Crippen LogP contribution is -2.52. The Balaban J connectivity index is 1.79. The Kier molecular flexibility index (Phi) is 7.71. The minimum absolute atomic E-state index is 0.00458. The van der Waals surface area contributed by atoms with Crippen LogP contribution < -0.4 is 0 Å². The second-order valence-electron chi connectivity index (χ2n) is 9.80. The molecule has 0 spiro atoms. The number of Topliss-reactive ketones (excluding diaryl/α,β-unsaturated/α-hetero) is 1. The van der Waals surface area contributed by atoms with Crippen LogP contribution in [0.4, 0.5) is 31.1 Å². The first-order valence-electron chi connectivity index (χ1n) is 11.2. The highest BCUT2D eigenvalue weighted by atomic mass is 19.4. The van der Waals surface area contributed by atoms with Crippen molar-refractivity contribution in [3.8, 4) is 0 Å². The number of benzene rings is 1. The molecule has 36 heavy (non-hydrogen) atoms. The van der Waals surface area contributed by atoms with Crippen LogP contribution in [0.5, 0.6) is 0 Å². The molecule has 1 aromatic heterocycles. The van der Waals surface area contributed by atoms with E-state index in [0.29, 0.717) is 0 Å². The normalized spacial score (nSPS) is 15.9. The van der Waals surface area contributed by atoms with Crippen molar-refractivity contribution in [2.45, 2.75) is 57.5 Å². The number of pyridine rings is 1. The second-order valence-corrected chi connectivity index (χ2v) is 9.80. The van der Waals surface area contributed by atoms with Crippen molar-refractivity contribution in [1.82, 2.24) is 9.88 Å². The van der Waals surface area contributed by atoms with E-state index in [1.165, 1.54) is 4.90 Å². The molecule has 1 fully saturated rings. The van der Waals surface area contributed by atoms with Gasteiger partial charge in [0.05, 0.1) is 16.8 Å². The maximum Gasteiger partial charge on any atom is 0.418 e. The largest absolute Gasteiger partial charge is 0.444 e. The summed E-state index contributed by atoms with van der Waals surface area (Å²) in [6.07, 6.45) is -9.12. The number of aromatic nitrogens is 1. The highest BCUT2D eigenvalue weighted by Crippen LogP contribution is 2.39. The quantitative estimate of drug-likeness (QED) is 0.413. The van der Waals surface area contributed by atoms with Crippen molar-refractivity contribution >= 4 is 11.9 Å². The van der Waals surface area contributed by atoms with Crippen LogP contribution in [-0.2, 0) is 21.9 Å². The molecule has 0 radical (unpaired) electrons. The summed E-state index contributed by atoms with van der Waals surface area (Å²) in [4.78, 5) is 30.2. The van der Waals surface area contributed by atoms with Gasteiger partial charge in [0.25, 0.3) is 0 Å². The maximum absolute atomic E-state index is 13.7. The van der Waals surface area contributed by atoms with Crippen LogP contribution in [0.3, 0.4) is 0 Å². The Morgan fingerprint density at radius 2 is 1.61 bits per heavy atom. The minimum Gasteiger partial charge on any atom is -0.444 e. The molecule has 1 amide bonds. The van der Waals surface area contributed by atoms with Crippen LogP contribution in [0.15, 0.2) is 42.6 Å². The molecule has 2 heterocycles. The van der Waals surface area contributed by atoms with E-state index in [0.717, 1.165) is 42.6 Å². The van der Waals surface area contributed by atoms with Gasteiger partial charge in [0, 0.05) is 44.0 Å². The Morgan fingerprint density at radius 1 is 1.00 bits per heavy atom. The van der Waals surface area contributed by atoms with Gasteiger partial charge in [-0.3, -0.25) is 9.78 Å². The van der Waals surface area contributed by atoms with Gasteiger partial charge in [0.1, 0.15) is 11.4 Å². The van der Waals surface area contributed by atoms with Crippen LogP contribution in [0.25, 0.3) is 0 Å². The first kappa shape index (κ1) is 27.5. The summed E-state index contributed by atoms with van der Waals surface area (Å²) < 4.78 is 85.2. The molecule has 1 saturated heterocycles. The molecule has 0 bridgehead atoms. The van der Waals surface area contributed by atoms with Gasteiger partial charge < -0.3 is 9.64 Å². The molecule has 11 heteroatoms. The number of alkyl halides is 6. The SMILES string of the molecule is CC(C)(C)OC(=O)N1CC(CC(=O)C[C@@H](c2ccc(C(F)(F)F)cc2)c2ncccc2C(F)(F)F)C1. The summed E-state index contributed by atoms with van der Waals surface area (Å²) >= 11 is 0. The molecule has 2 aromatic rings. The number of halogens is 6. The smallest absolute Gasteiger partial charge is 0.418 e. The zero-order valence-electron chi connectivity index (χ0n) is 19.9. The molecule has 0 N–H and O–H groups in total. The zero-order valence-corrected chi connectivity index (χ0v) is 19.9. The topological polar surface area (TPSA) is 59.5 Å². The summed E-state index contributed by atoms with van der Waals surface area (Å²) in [5, 5.41) is 0. The van der Waals surface area contributed by atoms with E-state index in [2.05, 4.69) is 4.98 Å². The van der Waals surface area contributed by atoms with Gasteiger partial charge in [-0.1, -0.05) is 12.1 Å². The van der Waals surface area contributed by atoms with E-state index in [1.807, 2.05) is 0 Å². The fraction of sp³-hybridized carbons (Fsp3) is 0.480. The molecular formula is C25H26F6N2O3. The van der Waals surface area contributed by atoms with Crippen molar-refractivity contribution in [2.24, 2.45) is 5.92 Å². The number of ketones is 1. The van der Waals surface area contributed by atoms with Gasteiger partial charge in [0.15, 0.2) is 0 Å². The van der Waals surface area contributed by atoms with Gasteiger partial charge in [-0.25, -0.2) is 4.79 Å². The predicted octanol–water partition coefficient (Wildman–Crippen LogP) is 6.47. The number of nitrogens with zero attached hydrogens (tertiary/aromatic N) is 2. The lowest BCUT2D eigenvalue weighted by atomic mass is 9.84. The molecular weight excluding hydrogens is 490 g/mol. The number of likely N-dealkylation sites (tertiary alicyclic amines) is 1. The van der Waals surface area contributed by atoms with Gasteiger partial charge in [0.2, 0.25) is 0 Å². The number of carbonyl (C=O) groups excluding carboxylic acids is 2. The molecule has 1 aliphatic heterocycles. The average Bonchev–Trinajstić information content (AvgIpc) is 2.72. The van der Waals surface area contributed by atoms with Crippen LogP contribution in [0, 0.1) is 5.92 Å². The third-order valence-electron chi connectivity index (χ3n) is 5.67. The summed E-state index contributed by atoms with van der Waals surface area (Å²) in [6.45, 7) is 5.70. The number of amides is 1. The molecule has 1 atom stereocenters. The van der Waals surface area contributed by atoms with E-state index in [1.54, 1.807) is 20.8 Å². The molecule has 3 rings (SSSR count). The highest BCUT2D eigenvalue weighted by molar-refractivity contribution is 5.80. The Labute approximate surface area is 204 Å². The molecule has 1 aromatic carbocycles. The predicted molar refractivity (Wildman–Crippen MR) is 118 cm³/mol. The summed E-state index contributed by atoms with van der Waals surface area (Å²) in [5.41, 5.74) is -3.00. The lowest BCUT2D eigenvalue weighted by Gasteiger charge is -2.39. The summed E-state index contributed by atoms with van der Waals surface area (Å²) in [6, 6.07) is 5.62. The summed E-state index contributed by atoms with van der Waals surface area (Å²) in [7, 11) is 0. The molecule has 0 saturated carbocycles. The first-order valence-corrected chi connectivity index (χ1v) is 11.2. The van der Waals surface area contributed by atoms with Gasteiger partial charge in [-0.2, -0.15) is 26.3 Å². The average molecular weight is 516 g/mol. The van der Waals surface area contributed by atoms with E-state index >= 15 is 0 Å². The van der Waals surface area contributed by atoms with Crippen LogP contribution in [0.2, 0.25) is 0 Å². The third-order valence-corrected chi connectivity index (χ3v) is 5.67. The number of hydrogen-bond donors (Lipinski definition) is 0. The molecule has 0 unspecified atom stereocenters. The second kappa shape index (κ2) is 10.1. The van der Waals surface area contributed by atoms with Gasteiger partial charge in [-0.15, -0.1) is 0 Å². The summed E-state index contributed by atoms with van der Waals surface area (Å²) in [5.74, 6) is -1.77. The standard InChI is InChI=1S/C25H26F6N2O3/c1-23(2,3)36-22(35)33-13-15(14-33)11-18(34)12-19(16-6-8-17(9-7-16)24(26,27)28)21-20(25(29,30)31)5-4-10-32-21/h4-10,15,19H,11-14H2,1-3H3/t19-/m0/s1. The molecule has 0 aliphatic carbocycles. The van der Waals surface area contributed by atoms with Crippen molar-refractivity contribution in [2.75, 3.05) is 13.1 Å². The van der Waals surface area contributed by atoms with Gasteiger partial charge >= 0.3 is 18.4 Å². The maximum atomic E-state index is 13.7. The monoisotopic (exact) mass is 516 g/mol. The number of ether oxygens (including phenoxy) is 1. The van der Waals surface area contributed by atoms with Crippen molar-refractivity contribution in [1.29, 1.82) is 0 Å². The lowest BCUT2D eigenvalue weighted by molar-refractivity contribution is -0.139. The molecule has 5 nitrogen and oxygen atoms in total. The van der Waals surface area contributed by atoms with Crippen molar-refractivity contribution in [3.05, 3.63) is 65.0 Å². The fourth-order valence-electron chi connectivity index (χ4n) is 4.02. The highest BCUT2D eigenvalue weighted by Gasteiger charge is 2.39. The number of hydrogen-bond acceptors (Lipinski definition) is 4. The number of carbonyl (C=O) groups is 2. The Bertz CT molecular complexity index is 1080. The number of rotatable bonds is 6. The van der Waals surface area contributed by atoms with E-state index < -0.39 is 46.8 Å². The van der Waals surface area contributed by atoms with E-state index in [9.17, 15) is 35.9 Å². The van der Waals surface area contributed by atoms with Gasteiger partial charge in [-0.05, 0) is 50.6 Å². The first-order chi connectivity index (χ1) is 16.5. The Hall–Kier alpha value is -3.11. The van der Waals surface area contributed by atoms with Crippen LogP contribution in [-0.4, -0.2) is 40.5 Å². The minimum atomic E-state index is -4.77. The fourth-order valence-corrected chi connectivity index (χ4v) is 4.02. The van der Waals surface area contributed by atoms with Crippen molar-refractivity contribution < 1.29 is 40.7 Å². The molecule has 1 aliphatic rings. The Morgan fingerprint density at radius 3 is 2.14 bits per heavy atom. The van der Waals surface area contributed by atoms with Crippen molar-refractivity contribution in [3.63, 3.8) is 0 Å². The van der Waals surface area contributed by atoms with Crippen LogP contribution in [0.1, 0.15) is 61.9 Å². The van der Waals surface area contributed by atoms with E-state index in [-0.39, 0.29) is 43.2 Å². The molecule has 196 valence electrons. The van der Waals surface area contributed by atoms with E-state index in [4.69, 9.17) is 4.74 Å². The zero-order chi connectivity index (χ0) is 26.9. The third kappa shape index (κ3) is 6.98. The van der Waals surface area contributed by atoms with Crippen LogP contribution >= 0.6 is 0 Å².